The van der Waals surface area contributed by atoms with Crippen molar-refractivity contribution in [2.24, 2.45) is 0 Å². The predicted molar refractivity (Wildman–Crippen MR) is 173 cm³/mol. The van der Waals surface area contributed by atoms with Crippen LogP contribution in [0.3, 0.4) is 0 Å². The molecule has 1 aromatic heterocycles. The van der Waals surface area contributed by atoms with Gasteiger partial charge in [0.2, 0.25) is 0 Å². The number of methoxy groups -OCH3 is 1. The van der Waals surface area contributed by atoms with Crippen molar-refractivity contribution in [2.75, 3.05) is 20.2 Å². The highest BCUT2D eigenvalue weighted by Crippen LogP contribution is 2.35. The van der Waals surface area contributed by atoms with Crippen LogP contribution in [-0.2, 0) is 17.8 Å². The van der Waals surface area contributed by atoms with Crippen LogP contribution in [0.4, 0.5) is 0 Å². The molecular formula is C36H38N6O3. The number of tetrazole rings is 1. The summed E-state index contributed by atoms with van der Waals surface area (Å²) in [5, 5.41) is 22.9. The number of rotatable bonds is 9. The van der Waals surface area contributed by atoms with Crippen LogP contribution in [0.5, 0.6) is 5.75 Å². The van der Waals surface area contributed by atoms with E-state index < -0.39 is 0 Å². The number of ether oxygens (including phenoxy) is 1. The van der Waals surface area contributed by atoms with Crippen molar-refractivity contribution < 1.29 is 14.6 Å². The lowest BCUT2D eigenvalue weighted by Gasteiger charge is -2.47. The van der Waals surface area contributed by atoms with E-state index in [4.69, 9.17) is 4.74 Å². The second-order valence-electron chi connectivity index (χ2n) is 11.8. The summed E-state index contributed by atoms with van der Waals surface area (Å²) >= 11 is 0. The molecule has 1 fully saturated rings. The van der Waals surface area contributed by atoms with Gasteiger partial charge in [-0.25, -0.2) is 9.48 Å². The van der Waals surface area contributed by atoms with Gasteiger partial charge in [0.15, 0.2) is 5.82 Å². The number of hydrogen-bond acceptors (Lipinski definition) is 8. The quantitative estimate of drug-likeness (QED) is 0.219. The Morgan fingerprint density at radius 3 is 2.29 bits per heavy atom. The average molecular weight is 603 g/mol. The molecule has 0 radical (unpaired) electrons. The molecule has 1 N–H and O–H groups in total. The van der Waals surface area contributed by atoms with Gasteiger partial charge in [0, 0.05) is 37.3 Å². The first-order valence-electron chi connectivity index (χ1n) is 15.3. The number of phenols is 1. The molecule has 0 amide bonds. The van der Waals surface area contributed by atoms with Crippen molar-refractivity contribution in [1.82, 2.24) is 30.0 Å². The van der Waals surface area contributed by atoms with Crippen LogP contribution < -0.4 is 0 Å². The van der Waals surface area contributed by atoms with Gasteiger partial charge in [-0.3, -0.25) is 9.80 Å². The van der Waals surface area contributed by atoms with Crippen molar-refractivity contribution in [3.8, 4) is 17.1 Å². The van der Waals surface area contributed by atoms with E-state index in [9.17, 15) is 9.90 Å². The topological polar surface area (TPSA) is 96.6 Å². The molecule has 3 atom stereocenters. The standard InChI is InChI=1S/C36H38N6O3/c1-25-22-41(26(2)21-40(25)23-27-8-5-4-6-9-27)34(32-10-7-11-33(43)20-32)29-16-18-30(19-17-29)35-37-38-39-42(35)24-28-12-14-31(15-13-28)36(44)45-3/h4-20,25-26,34,43H,21-24H2,1-3H3/t25-,26+,34-/m1/s1. The molecule has 0 spiro atoms. The molecule has 45 heavy (non-hydrogen) atoms. The Hall–Kier alpha value is -4.86. The normalized spacial score (nSPS) is 18.0. The van der Waals surface area contributed by atoms with Crippen molar-refractivity contribution in [2.45, 2.75) is 45.1 Å². The minimum atomic E-state index is -0.369. The van der Waals surface area contributed by atoms with E-state index in [0.717, 1.165) is 41.9 Å². The van der Waals surface area contributed by atoms with E-state index in [1.165, 1.54) is 12.7 Å². The zero-order valence-electron chi connectivity index (χ0n) is 25.8. The minimum Gasteiger partial charge on any atom is -0.508 e. The van der Waals surface area contributed by atoms with E-state index in [-0.39, 0.29) is 23.8 Å². The Labute approximate surface area is 263 Å². The van der Waals surface area contributed by atoms with Gasteiger partial charge < -0.3 is 9.84 Å². The molecular weight excluding hydrogens is 564 g/mol. The number of phenolic OH excluding ortho intramolecular Hbond substituents is 1. The Morgan fingerprint density at radius 2 is 1.58 bits per heavy atom. The van der Waals surface area contributed by atoms with Gasteiger partial charge in [-0.2, -0.15) is 0 Å². The first-order valence-corrected chi connectivity index (χ1v) is 15.3. The number of esters is 1. The van der Waals surface area contributed by atoms with Gasteiger partial charge in [-0.1, -0.05) is 78.9 Å². The molecule has 2 heterocycles. The van der Waals surface area contributed by atoms with Crippen LogP contribution in [-0.4, -0.2) is 73.4 Å². The third-order valence-corrected chi connectivity index (χ3v) is 8.63. The van der Waals surface area contributed by atoms with Crippen molar-refractivity contribution in [3.05, 3.63) is 131 Å². The minimum absolute atomic E-state index is 0.0354. The largest absolute Gasteiger partial charge is 0.508 e. The van der Waals surface area contributed by atoms with Gasteiger partial charge in [0.25, 0.3) is 0 Å². The fourth-order valence-corrected chi connectivity index (χ4v) is 6.26. The highest BCUT2D eigenvalue weighted by atomic mass is 16.5. The maximum absolute atomic E-state index is 11.8. The highest BCUT2D eigenvalue weighted by Gasteiger charge is 2.35. The van der Waals surface area contributed by atoms with Crippen molar-refractivity contribution >= 4 is 5.97 Å². The first kappa shape index (κ1) is 30.2. The second-order valence-corrected chi connectivity index (χ2v) is 11.8. The molecule has 1 saturated heterocycles. The van der Waals surface area contributed by atoms with E-state index >= 15 is 0 Å². The number of aromatic hydroxyl groups is 1. The van der Waals surface area contributed by atoms with E-state index in [2.05, 4.69) is 99.8 Å². The van der Waals surface area contributed by atoms with Gasteiger partial charge in [0.05, 0.1) is 25.3 Å². The smallest absolute Gasteiger partial charge is 0.337 e. The molecule has 0 saturated carbocycles. The molecule has 0 unspecified atom stereocenters. The van der Waals surface area contributed by atoms with Crippen molar-refractivity contribution in [1.29, 1.82) is 0 Å². The van der Waals surface area contributed by atoms with Crippen molar-refractivity contribution in [3.63, 3.8) is 0 Å². The maximum atomic E-state index is 11.8. The Morgan fingerprint density at radius 1 is 0.844 bits per heavy atom. The summed E-state index contributed by atoms with van der Waals surface area (Å²) in [5.41, 5.74) is 5.88. The lowest BCUT2D eigenvalue weighted by Crippen LogP contribution is -2.56. The number of benzene rings is 4. The molecule has 5 aromatic rings. The summed E-state index contributed by atoms with van der Waals surface area (Å²) in [6, 6.07) is 34.5. The molecule has 0 bridgehead atoms. The molecule has 0 aliphatic carbocycles. The van der Waals surface area contributed by atoms with Crippen LogP contribution in [0.1, 0.15) is 52.5 Å². The monoisotopic (exact) mass is 602 g/mol. The molecule has 1 aliphatic heterocycles. The summed E-state index contributed by atoms with van der Waals surface area (Å²) < 4.78 is 6.56. The predicted octanol–water partition coefficient (Wildman–Crippen LogP) is 5.56. The second kappa shape index (κ2) is 13.4. The summed E-state index contributed by atoms with van der Waals surface area (Å²) in [4.78, 5) is 16.9. The number of hydrogen-bond donors (Lipinski definition) is 1. The third kappa shape index (κ3) is 6.79. The first-order chi connectivity index (χ1) is 21.9. The van der Waals surface area contributed by atoms with E-state index in [1.54, 1.807) is 22.9 Å². The van der Waals surface area contributed by atoms with Crippen LogP contribution in [0.25, 0.3) is 11.4 Å². The molecule has 9 nitrogen and oxygen atoms in total. The number of piperazine rings is 1. The number of carbonyl (C=O) groups is 1. The highest BCUT2D eigenvalue weighted by molar-refractivity contribution is 5.89. The fourth-order valence-electron chi connectivity index (χ4n) is 6.26. The van der Waals surface area contributed by atoms with Crippen LogP contribution in [0.2, 0.25) is 0 Å². The summed E-state index contributed by atoms with van der Waals surface area (Å²) in [6.07, 6.45) is 0. The van der Waals surface area contributed by atoms with Gasteiger partial charge in [-0.15, -0.1) is 5.10 Å². The number of nitrogens with zero attached hydrogens (tertiary/aromatic N) is 6. The van der Waals surface area contributed by atoms with E-state index in [0.29, 0.717) is 24.0 Å². The van der Waals surface area contributed by atoms with Crippen LogP contribution in [0.15, 0.2) is 103 Å². The summed E-state index contributed by atoms with van der Waals surface area (Å²) in [7, 11) is 1.37. The molecule has 230 valence electrons. The zero-order valence-corrected chi connectivity index (χ0v) is 25.8. The van der Waals surface area contributed by atoms with Crippen LogP contribution >= 0.6 is 0 Å². The molecule has 1 aliphatic rings. The Balaban J connectivity index is 1.24. The SMILES string of the molecule is COC(=O)c1ccc(Cn2nnnc2-c2ccc([C@H](c3cccc(O)c3)N3C[C@@H](C)N(Cc4ccccc4)C[C@@H]3C)cc2)cc1. The Kier molecular flexibility index (Phi) is 9.00. The average Bonchev–Trinajstić information content (AvgIpc) is 3.52. The van der Waals surface area contributed by atoms with Gasteiger partial charge >= 0.3 is 5.97 Å². The van der Waals surface area contributed by atoms with Gasteiger partial charge in [-0.05, 0) is 70.8 Å². The van der Waals surface area contributed by atoms with Crippen LogP contribution in [0, 0.1) is 0 Å². The van der Waals surface area contributed by atoms with Gasteiger partial charge in [0.1, 0.15) is 5.75 Å². The Bertz CT molecular complexity index is 1720. The molecule has 9 heteroatoms. The van der Waals surface area contributed by atoms with E-state index in [1.807, 2.05) is 24.3 Å². The molecule has 4 aromatic carbocycles. The lowest BCUT2D eigenvalue weighted by molar-refractivity contribution is 0.0195. The summed E-state index contributed by atoms with van der Waals surface area (Å²) in [5.74, 6) is 0.548. The fraction of sp³-hybridized carbons (Fsp3) is 0.278. The lowest BCUT2D eigenvalue weighted by atomic mass is 9.92. The third-order valence-electron chi connectivity index (χ3n) is 8.63. The maximum Gasteiger partial charge on any atom is 0.337 e. The number of aromatic nitrogens is 4. The zero-order chi connectivity index (χ0) is 31.3. The summed E-state index contributed by atoms with van der Waals surface area (Å²) in [6.45, 7) is 7.81. The molecule has 6 rings (SSSR count). The number of carbonyl (C=O) groups excluding carboxylic acids is 1.